The zero-order chi connectivity index (χ0) is 13.1. The summed E-state index contributed by atoms with van der Waals surface area (Å²) < 4.78 is 5.36. The van der Waals surface area contributed by atoms with E-state index in [1.807, 2.05) is 17.5 Å². The fraction of sp³-hybridized carbons (Fsp3) is 0.100. The van der Waals surface area contributed by atoms with Gasteiger partial charge in [0.1, 0.15) is 6.33 Å². The molecule has 2 aromatic heterocycles. The van der Waals surface area contributed by atoms with Gasteiger partial charge in [-0.2, -0.15) is 0 Å². The van der Waals surface area contributed by atoms with Gasteiger partial charge in [-0.1, -0.05) is 16.1 Å². The first kappa shape index (κ1) is 12.0. The van der Waals surface area contributed by atoms with Crippen LogP contribution >= 0.6 is 23.1 Å². The lowest BCUT2D eigenvalue weighted by Gasteiger charge is -2.08. The van der Waals surface area contributed by atoms with Gasteiger partial charge in [0.2, 0.25) is 0 Å². The molecule has 19 heavy (non-hydrogen) atoms. The highest BCUT2D eigenvalue weighted by Crippen LogP contribution is 2.24. The Morgan fingerprint density at radius 2 is 2.32 bits per heavy atom. The van der Waals surface area contributed by atoms with Crippen molar-refractivity contribution in [3.8, 4) is 5.69 Å². The van der Waals surface area contributed by atoms with Crippen LogP contribution in [0.25, 0.3) is 5.69 Å². The summed E-state index contributed by atoms with van der Waals surface area (Å²) in [5.74, 6) is 0. The molecule has 0 fully saturated rings. The summed E-state index contributed by atoms with van der Waals surface area (Å²) in [4.78, 5) is 0. The van der Waals surface area contributed by atoms with Crippen LogP contribution in [-0.2, 0) is 6.54 Å². The molecule has 96 valence electrons. The van der Waals surface area contributed by atoms with Crippen molar-refractivity contribution in [2.24, 2.45) is 0 Å². The number of rotatable bonds is 4. The fourth-order valence-corrected chi connectivity index (χ4v) is 2.15. The van der Waals surface area contributed by atoms with Crippen LogP contribution in [0.4, 0.5) is 5.69 Å². The lowest BCUT2D eigenvalue weighted by atomic mass is 10.2. The molecule has 0 atom stereocenters. The number of tetrazole rings is 1. The summed E-state index contributed by atoms with van der Waals surface area (Å²) in [5.41, 5.74) is 2.49. The first-order chi connectivity index (χ1) is 9.33. The van der Waals surface area contributed by atoms with E-state index >= 15 is 0 Å². The number of benzene rings is 1. The summed E-state index contributed by atoms with van der Waals surface area (Å²) >= 11 is 7.46. The Labute approximate surface area is 117 Å². The van der Waals surface area contributed by atoms with E-state index in [1.54, 1.807) is 10.7 Å². The minimum atomic E-state index is 0.565. The molecule has 9 heteroatoms. The van der Waals surface area contributed by atoms with Crippen LogP contribution in [0.5, 0.6) is 0 Å². The average Bonchev–Trinajstić information content (AvgIpc) is 3.11. The third kappa shape index (κ3) is 2.69. The first-order valence-electron chi connectivity index (χ1n) is 5.35. The quantitative estimate of drug-likeness (QED) is 0.789. The smallest absolute Gasteiger partial charge is 0.143 e. The molecule has 0 amide bonds. The van der Waals surface area contributed by atoms with Crippen molar-refractivity contribution < 1.29 is 0 Å². The SMILES string of the molecule is Clc1ccc(-n2cnnn2)cc1NCc1csnn1. The standard InChI is InChI=1S/C10H8ClN7S/c11-9-2-1-8(18-6-13-15-16-18)3-10(9)12-4-7-5-19-17-14-7/h1-3,5-6,12H,4H2. The topological polar surface area (TPSA) is 81.4 Å². The Bertz CT molecular complexity index is 653. The number of hydrogen-bond acceptors (Lipinski definition) is 7. The van der Waals surface area contributed by atoms with Gasteiger partial charge in [-0.05, 0) is 40.2 Å². The number of aromatic nitrogens is 6. The number of hydrogen-bond donors (Lipinski definition) is 1. The summed E-state index contributed by atoms with van der Waals surface area (Å²) in [5, 5.41) is 20.7. The van der Waals surface area contributed by atoms with Gasteiger partial charge in [-0.25, -0.2) is 4.68 Å². The van der Waals surface area contributed by atoms with Crippen molar-refractivity contribution >= 4 is 28.8 Å². The van der Waals surface area contributed by atoms with Gasteiger partial charge in [0, 0.05) is 5.38 Å². The Hall–Kier alpha value is -2.06. The van der Waals surface area contributed by atoms with Crippen molar-refractivity contribution in [3.63, 3.8) is 0 Å². The second-order valence-corrected chi connectivity index (χ2v) is 4.69. The molecular weight excluding hydrogens is 286 g/mol. The molecule has 1 N–H and O–H groups in total. The molecule has 2 heterocycles. The molecule has 0 aliphatic heterocycles. The highest BCUT2D eigenvalue weighted by atomic mass is 35.5. The maximum Gasteiger partial charge on any atom is 0.143 e. The normalized spacial score (nSPS) is 10.6. The van der Waals surface area contributed by atoms with E-state index < -0.39 is 0 Å². The molecule has 3 aromatic rings. The predicted molar refractivity (Wildman–Crippen MR) is 71.4 cm³/mol. The van der Waals surface area contributed by atoms with Crippen LogP contribution in [0.2, 0.25) is 5.02 Å². The van der Waals surface area contributed by atoms with E-state index in [1.165, 1.54) is 17.9 Å². The van der Waals surface area contributed by atoms with Gasteiger partial charge >= 0.3 is 0 Å². The van der Waals surface area contributed by atoms with E-state index in [-0.39, 0.29) is 0 Å². The Kier molecular flexibility index (Phi) is 3.34. The minimum Gasteiger partial charge on any atom is -0.378 e. The molecule has 0 unspecified atom stereocenters. The monoisotopic (exact) mass is 293 g/mol. The molecule has 0 spiro atoms. The number of anilines is 1. The Balaban J connectivity index is 1.82. The molecule has 1 aromatic carbocycles. The van der Waals surface area contributed by atoms with Crippen molar-refractivity contribution in [1.29, 1.82) is 0 Å². The second kappa shape index (κ2) is 5.29. The molecule has 0 aliphatic rings. The lowest BCUT2D eigenvalue weighted by molar-refractivity contribution is 0.789. The number of nitrogens with one attached hydrogen (secondary N) is 1. The van der Waals surface area contributed by atoms with E-state index in [2.05, 4.69) is 30.4 Å². The number of halogens is 1. The summed E-state index contributed by atoms with van der Waals surface area (Å²) in [6.07, 6.45) is 1.53. The van der Waals surface area contributed by atoms with Crippen molar-refractivity contribution in [2.45, 2.75) is 6.54 Å². The maximum absolute atomic E-state index is 6.14. The van der Waals surface area contributed by atoms with Gasteiger partial charge in [0.05, 0.1) is 28.6 Å². The third-order valence-electron chi connectivity index (χ3n) is 2.43. The average molecular weight is 294 g/mol. The third-order valence-corrected chi connectivity index (χ3v) is 3.31. The fourth-order valence-electron chi connectivity index (χ4n) is 1.52. The molecule has 0 saturated heterocycles. The molecular formula is C10H8ClN7S. The maximum atomic E-state index is 6.14. The molecule has 0 aliphatic carbocycles. The van der Waals surface area contributed by atoms with Gasteiger partial charge in [0.15, 0.2) is 0 Å². The van der Waals surface area contributed by atoms with Crippen LogP contribution in [-0.4, -0.2) is 29.8 Å². The molecule has 0 radical (unpaired) electrons. The molecule has 3 rings (SSSR count). The Morgan fingerprint density at radius 1 is 1.37 bits per heavy atom. The summed E-state index contributed by atoms with van der Waals surface area (Å²) in [7, 11) is 0. The summed E-state index contributed by atoms with van der Waals surface area (Å²) in [6.45, 7) is 0.565. The van der Waals surface area contributed by atoms with E-state index in [9.17, 15) is 0 Å². The number of nitrogens with zero attached hydrogens (tertiary/aromatic N) is 6. The Morgan fingerprint density at radius 3 is 3.05 bits per heavy atom. The predicted octanol–water partition coefficient (Wildman–Crippen LogP) is 1.78. The van der Waals surface area contributed by atoms with Crippen LogP contribution in [0, 0.1) is 0 Å². The van der Waals surface area contributed by atoms with Gasteiger partial charge in [-0.15, -0.1) is 10.2 Å². The van der Waals surface area contributed by atoms with Crippen LogP contribution < -0.4 is 5.32 Å². The molecule has 7 nitrogen and oxygen atoms in total. The van der Waals surface area contributed by atoms with Crippen molar-refractivity contribution in [1.82, 2.24) is 29.8 Å². The first-order valence-corrected chi connectivity index (χ1v) is 6.57. The van der Waals surface area contributed by atoms with E-state index in [0.29, 0.717) is 11.6 Å². The zero-order valence-corrected chi connectivity index (χ0v) is 11.1. The van der Waals surface area contributed by atoms with Crippen molar-refractivity contribution in [2.75, 3.05) is 5.32 Å². The highest BCUT2D eigenvalue weighted by molar-refractivity contribution is 7.03. The van der Waals surface area contributed by atoms with Crippen molar-refractivity contribution in [3.05, 3.63) is 40.6 Å². The van der Waals surface area contributed by atoms with Gasteiger partial charge in [-0.3, -0.25) is 0 Å². The van der Waals surface area contributed by atoms with Gasteiger partial charge < -0.3 is 5.32 Å². The lowest BCUT2D eigenvalue weighted by Crippen LogP contribution is -2.02. The minimum absolute atomic E-state index is 0.565. The molecule has 0 bridgehead atoms. The highest BCUT2D eigenvalue weighted by Gasteiger charge is 2.05. The molecule has 0 saturated carbocycles. The summed E-state index contributed by atoms with van der Waals surface area (Å²) in [6, 6.07) is 5.51. The zero-order valence-electron chi connectivity index (χ0n) is 9.56. The van der Waals surface area contributed by atoms with Gasteiger partial charge in [0.25, 0.3) is 0 Å². The van der Waals surface area contributed by atoms with Crippen LogP contribution in [0.3, 0.4) is 0 Å². The van der Waals surface area contributed by atoms with E-state index in [0.717, 1.165) is 17.1 Å². The van der Waals surface area contributed by atoms with E-state index in [4.69, 9.17) is 11.6 Å². The van der Waals surface area contributed by atoms with Crippen LogP contribution in [0.1, 0.15) is 5.69 Å². The second-order valence-electron chi connectivity index (χ2n) is 3.67. The van der Waals surface area contributed by atoms with Crippen LogP contribution in [0.15, 0.2) is 29.9 Å². The largest absolute Gasteiger partial charge is 0.378 e.